The molecule has 4 aromatic rings. The van der Waals surface area contributed by atoms with E-state index in [1.54, 1.807) is 7.05 Å². The van der Waals surface area contributed by atoms with E-state index in [1.807, 2.05) is 24.3 Å². The summed E-state index contributed by atoms with van der Waals surface area (Å²) in [6, 6.07) is 12.6. The maximum absolute atomic E-state index is 13.1. The van der Waals surface area contributed by atoms with E-state index in [9.17, 15) is 4.79 Å². The van der Waals surface area contributed by atoms with Crippen molar-refractivity contribution in [3.63, 3.8) is 0 Å². The van der Waals surface area contributed by atoms with Crippen molar-refractivity contribution in [2.24, 2.45) is 0 Å². The Morgan fingerprint density at radius 2 is 1.85 bits per heavy atom. The highest BCUT2D eigenvalue weighted by Crippen LogP contribution is 2.37. The van der Waals surface area contributed by atoms with Crippen LogP contribution >= 0.6 is 0 Å². The zero-order chi connectivity index (χ0) is 22.5. The van der Waals surface area contributed by atoms with Gasteiger partial charge in [0.15, 0.2) is 11.3 Å². The lowest BCUT2D eigenvalue weighted by molar-refractivity contribution is 0.0965. The van der Waals surface area contributed by atoms with Gasteiger partial charge >= 0.3 is 0 Å². The lowest BCUT2D eigenvalue weighted by Gasteiger charge is -2.23. The summed E-state index contributed by atoms with van der Waals surface area (Å²) in [5.74, 6) is 0.835. The minimum absolute atomic E-state index is 0.139. The predicted octanol–water partition coefficient (Wildman–Crippen LogP) is 3.11. The van der Waals surface area contributed by atoms with E-state index in [0.29, 0.717) is 17.3 Å². The molecule has 0 radical (unpaired) electrons. The zero-order valence-electron chi connectivity index (χ0n) is 19.1. The number of rotatable bonds is 4. The first-order valence-electron chi connectivity index (χ1n) is 11.8. The molecular weight excluding hydrogens is 414 g/mol. The summed E-state index contributed by atoms with van der Waals surface area (Å²) in [5.41, 5.74) is 4.72. The summed E-state index contributed by atoms with van der Waals surface area (Å²) in [5, 5.41) is 7.40. The van der Waals surface area contributed by atoms with Gasteiger partial charge < -0.3 is 20.4 Å². The molecule has 33 heavy (non-hydrogen) atoms. The van der Waals surface area contributed by atoms with Crippen LogP contribution in [0.4, 0.5) is 11.5 Å². The van der Waals surface area contributed by atoms with Gasteiger partial charge in [0.05, 0.1) is 16.7 Å². The Morgan fingerprint density at radius 3 is 2.67 bits per heavy atom. The van der Waals surface area contributed by atoms with Crippen molar-refractivity contribution in [3.05, 3.63) is 42.0 Å². The summed E-state index contributed by atoms with van der Waals surface area (Å²) in [6.07, 6.45) is 3.34. The van der Waals surface area contributed by atoms with Gasteiger partial charge in [-0.05, 0) is 57.1 Å². The van der Waals surface area contributed by atoms with Crippen molar-refractivity contribution in [2.75, 3.05) is 50.5 Å². The molecule has 2 fully saturated rings. The third kappa shape index (κ3) is 3.45. The number of pyridine rings is 2. The first kappa shape index (κ1) is 20.2. The summed E-state index contributed by atoms with van der Waals surface area (Å²) in [7, 11) is 3.85. The van der Waals surface area contributed by atoms with Crippen molar-refractivity contribution in [1.82, 2.24) is 24.6 Å². The second-order valence-electron chi connectivity index (χ2n) is 9.19. The van der Waals surface area contributed by atoms with Gasteiger partial charge in [-0.1, -0.05) is 12.1 Å². The lowest BCUT2D eigenvalue weighted by Crippen LogP contribution is -2.29. The van der Waals surface area contributed by atoms with Crippen LogP contribution in [0.15, 0.2) is 36.4 Å². The quantitative estimate of drug-likeness (QED) is 0.505. The van der Waals surface area contributed by atoms with Crippen LogP contribution in [0.2, 0.25) is 0 Å². The number of aromatic nitrogens is 3. The number of benzene rings is 1. The van der Waals surface area contributed by atoms with Gasteiger partial charge in [0, 0.05) is 38.1 Å². The zero-order valence-corrected chi connectivity index (χ0v) is 19.1. The SMILES string of the molecule is CNC(=O)c1c(NC2CC2)c2ccc(N3CCCN(C)CC3)nc2n2c1nc1ccccc12. The Kier molecular flexibility index (Phi) is 4.83. The molecule has 8 nitrogen and oxygen atoms in total. The van der Waals surface area contributed by atoms with Crippen molar-refractivity contribution in [3.8, 4) is 0 Å². The number of imidazole rings is 1. The van der Waals surface area contributed by atoms with E-state index in [2.05, 4.69) is 44.0 Å². The van der Waals surface area contributed by atoms with Crippen molar-refractivity contribution < 1.29 is 4.79 Å². The van der Waals surface area contributed by atoms with Crippen LogP contribution in [0.3, 0.4) is 0 Å². The van der Waals surface area contributed by atoms with Gasteiger partial charge in [0.2, 0.25) is 0 Å². The number of para-hydroxylation sites is 2. The van der Waals surface area contributed by atoms with Crippen molar-refractivity contribution in [2.45, 2.75) is 25.3 Å². The molecule has 0 unspecified atom stereocenters. The number of hydrogen-bond donors (Lipinski definition) is 2. The summed E-state index contributed by atoms with van der Waals surface area (Å²) in [4.78, 5) is 27.9. The van der Waals surface area contributed by atoms with Crippen molar-refractivity contribution >= 4 is 45.1 Å². The molecule has 2 aliphatic rings. The molecule has 8 heteroatoms. The minimum Gasteiger partial charge on any atom is -0.381 e. The van der Waals surface area contributed by atoms with Gasteiger partial charge in [-0.15, -0.1) is 0 Å². The number of anilines is 2. The number of hydrogen-bond acceptors (Lipinski definition) is 6. The number of fused-ring (bicyclic) bond motifs is 5. The van der Waals surface area contributed by atoms with E-state index < -0.39 is 0 Å². The number of amides is 1. The Morgan fingerprint density at radius 1 is 1.00 bits per heavy atom. The van der Waals surface area contributed by atoms with Crippen LogP contribution in [-0.4, -0.2) is 71.5 Å². The Hall–Kier alpha value is -3.39. The highest BCUT2D eigenvalue weighted by atomic mass is 16.1. The highest BCUT2D eigenvalue weighted by molar-refractivity contribution is 6.13. The van der Waals surface area contributed by atoms with Gasteiger partial charge in [-0.2, -0.15) is 0 Å². The van der Waals surface area contributed by atoms with Crippen LogP contribution in [0.5, 0.6) is 0 Å². The number of nitrogens with one attached hydrogen (secondary N) is 2. The number of carbonyl (C=O) groups excluding carboxylic acids is 1. The molecule has 0 atom stereocenters. The fourth-order valence-corrected chi connectivity index (χ4v) is 4.83. The first-order chi connectivity index (χ1) is 16.1. The molecule has 1 aromatic carbocycles. The van der Waals surface area contributed by atoms with Crippen LogP contribution in [0, 0.1) is 0 Å². The smallest absolute Gasteiger partial charge is 0.256 e. The highest BCUT2D eigenvalue weighted by Gasteiger charge is 2.29. The number of likely N-dealkylation sites (N-methyl/N-ethyl adjacent to an activating group) is 1. The number of nitrogens with zero attached hydrogens (tertiary/aromatic N) is 5. The fraction of sp³-hybridized carbons (Fsp3) is 0.400. The topological polar surface area (TPSA) is 77.8 Å². The molecule has 1 aliphatic carbocycles. The van der Waals surface area contributed by atoms with E-state index in [0.717, 1.165) is 79.0 Å². The van der Waals surface area contributed by atoms with Gasteiger partial charge in [0.25, 0.3) is 5.91 Å². The fourth-order valence-electron chi connectivity index (χ4n) is 4.83. The average molecular weight is 444 g/mol. The Labute approximate surface area is 192 Å². The molecule has 3 aromatic heterocycles. The molecule has 1 saturated heterocycles. The third-order valence-electron chi connectivity index (χ3n) is 6.80. The standard InChI is InChI=1S/C25H29N7O/c1-26-25(33)21-22(27-16-8-9-16)17-10-11-20(31-13-5-12-30(2)14-15-31)29-23(17)32-19-7-4-3-6-18(19)28-24(21)32/h3-4,6-7,10-11,16,27H,5,8-9,12-15H2,1-2H3,(H,26,33). The molecule has 0 spiro atoms. The van der Waals surface area contributed by atoms with Gasteiger partial charge in [-0.3, -0.25) is 9.20 Å². The monoisotopic (exact) mass is 443 g/mol. The van der Waals surface area contributed by atoms with E-state index in [4.69, 9.17) is 9.97 Å². The van der Waals surface area contributed by atoms with E-state index in [-0.39, 0.29) is 5.91 Å². The maximum Gasteiger partial charge on any atom is 0.256 e. The van der Waals surface area contributed by atoms with Gasteiger partial charge in [-0.25, -0.2) is 9.97 Å². The normalized spacial score (nSPS) is 17.6. The van der Waals surface area contributed by atoms with Gasteiger partial charge in [0.1, 0.15) is 11.4 Å². The van der Waals surface area contributed by atoms with E-state index in [1.165, 1.54) is 0 Å². The number of carbonyl (C=O) groups is 1. The van der Waals surface area contributed by atoms with Crippen molar-refractivity contribution in [1.29, 1.82) is 0 Å². The molecule has 1 saturated carbocycles. The molecule has 1 aliphatic heterocycles. The van der Waals surface area contributed by atoms with Crippen LogP contribution in [-0.2, 0) is 0 Å². The Bertz CT molecular complexity index is 1370. The summed E-state index contributed by atoms with van der Waals surface area (Å²) < 4.78 is 2.06. The predicted molar refractivity (Wildman–Crippen MR) is 132 cm³/mol. The molecule has 2 N–H and O–H groups in total. The van der Waals surface area contributed by atoms with E-state index >= 15 is 0 Å². The maximum atomic E-state index is 13.1. The van der Waals surface area contributed by atoms with Crippen LogP contribution in [0.1, 0.15) is 29.6 Å². The second-order valence-corrected chi connectivity index (χ2v) is 9.19. The largest absolute Gasteiger partial charge is 0.381 e. The summed E-state index contributed by atoms with van der Waals surface area (Å²) in [6.45, 7) is 4.06. The molecule has 170 valence electrons. The van der Waals surface area contributed by atoms with Crippen LogP contribution in [0.25, 0.3) is 27.7 Å². The Balaban J connectivity index is 1.65. The molecular formula is C25H29N7O. The average Bonchev–Trinajstić information content (AvgIpc) is 3.61. The molecule has 0 bridgehead atoms. The second kappa shape index (κ2) is 7.88. The van der Waals surface area contributed by atoms with Crippen LogP contribution < -0.4 is 15.5 Å². The third-order valence-corrected chi connectivity index (χ3v) is 6.80. The summed E-state index contributed by atoms with van der Waals surface area (Å²) >= 11 is 0. The molecule has 4 heterocycles. The first-order valence-corrected chi connectivity index (χ1v) is 11.8. The minimum atomic E-state index is -0.139. The molecule has 1 amide bonds. The molecule has 6 rings (SSSR count). The lowest BCUT2D eigenvalue weighted by atomic mass is 10.1.